The minimum atomic E-state index is -3.16. The van der Waals surface area contributed by atoms with E-state index in [1.54, 1.807) is 0 Å². The van der Waals surface area contributed by atoms with Crippen molar-refractivity contribution in [3.8, 4) is 17.2 Å². The average molecular weight is 400 g/mol. The highest BCUT2D eigenvalue weighted by Gasteiger charge is 2.21. The minimum Gasteiger partial charge on any atom is -0.488 e. The van der Waals surface area contributed by atoms with Gasteiger partial charge in [0.1, 0.15) is 27.2 Å². The molecule has 0 amide bonds. The van der Waals surface area contributed by atoms with Crippen LogP contribution in [-0.2, 0) is 22.7 Å². The lowest BCUT2D eigenvalue weighted by atomic mass is 10.1. The molecule has 146 valence electrons. The van der Waals surface area contributed by atoms with E-state index in [1.807, 2.05) is 0 Å². The molecule has 8 heteroatoms. The zero-order chi connectivity index (χ0) is 19.6. The standard InChI is InChI=1S/C19H19F3O4S/c1-27(23,24)9-3-8-25-19-16(21)10-12(11-17(19)22)26-18-7-6-15(20)13-4-2-5-14(13)18/h6-7,10-11H,2-5,8-9H2,1H3. The molecule has 0 atom stereocenters. The quantitative estimate of drug-likeness (QED) is 0.654. The summed E-state index contributed by atoms with van der Waals surface area (Å²) < 4.78 is 74.9. The zero-order valence-corrected chi connectivity index (χ0v) is 15.5. The molecular formula is C19H19F3O4S. The number of rotatable bonds is 7. The monoisotopic (exact) mass is 400 g/mol. The lowest BCUT2D eigenvalue weighted by molar-refractivity contribution is 0.283. The van der Waals surface area contributed by atoms with Crippen molar-refractivity contribution < 1.29 is 31.1 Å². The molecule has 0 unspecified atom stereocenters. The third-order valence-electron chi connectivity index (χ3n) is 4.29. The molecule has 0 fully saturated rings. The van der Waals surface area contributed by atoms with Crippen molar-refractivity contribution >= 4 is 9.84 Å². The first kappa shape index (κ1) is 19.5. The molecule has 27 heavy (non-hydrogen) atoms. The third kappa shape index (κ3) is 4.74. The predicted octanol–water partition coefficient (Wildman–Crippen LogP) is 4.20. The second-order valence-corrected chi connectivity index (χ2v) is 8.77. The van der Waals surface area contributed by atoms with Crippen LogP contribution in [0.15, 0.2) is 24.3 Å². The van der Waals surface area contributed by atoms with Gasteiger partial charge in [-0.15, -0.1) is 0 Å². The summed E-state index contributed by atoms with van der Waals surface area (Å²) in [5, 5.41) is 0. The van der Waals surface area contributed by atoms with E-state index in [-0.39, 0.29) is 30.3 Å². The first-order valence-electron chi connectivity index (χ1n) is 8.52. The second-order valence-electron chi connectivity index (χ2n) is 6.51. The number of benzene rings is 2. The normalized spacial score (nSPS) is 13.5. The van der Waals surface area contributed by atoms with Gasteiger partial charge < -0.3 is 9.47 Å². The fourth-order valence-corrected chi connectivity index (χ4v) is 3.72. The van der Waals surface area contributed by atoms with Crippen LogP contribution in [-0.4, -0.2) is 27.0 Å². The predicted molar refractivity (Wildman–Crippen MR) is 94.7 cm³/mol. The Morgan fingerprint density at radius 3 is 2.33 bits per heavy atom. The summed E-state index contributed by atoms with van der Waals surface area (Å²) in [6.45, 7) is -0.132. The van der Waals surface area contributed by atoms with Crippen LogP contribution in [0.25, 0.3) is 0 Å². The molecule has 0 aliphatic heterocycles. The van der Waals surface area contributed by atoms with Crippen molar-refractivity contribution in [1.29, 1.82) is 0 Å². The number of hydrogen-bond donors (Lipinski definition) is 0. The van der Waals surface area contributed by atoms with Crippen LogP contribution in [0.5, 0.6) is 17.2 Å². The summed E-state index contributed by atoms with van der Waals surface area (Å²) in [6.07, 6.45) is 3.26. The molecule has 0 saturated heterocycles. The zero-order valence-electron chi connectivity index (χ0n) is 14.7. The Balaban J connectivity index is 1.73. The van der Waals surface area contributed by atoms with E-state index >= 15 is 0 Å². The van der Waals surface area contributed by atoms with Gasteiger partial charge in [0.15, 0.2) is 17.4 Å². The number of fused-ring (bicyclic) bond motifs is 1. The van der Waals surface area contributed by atoms with Crippen molar-refractivity contribution in [2.75, 3.05) is 18.6 Å². The Morgan fingerprint density at radius 1 is 1.00 bits per heavy atom. The summed E-state index contributed by atoms with van der Waals surface area (Å²) in [4.78, 5) is 0. The van der Waals surface area contributed by atoms with E-state index in [2.05, 4.69) is 0 Å². The van der Waals surface area contributed by atoms with Crippen molar-refractivity contribution in [2.45, 2.75) is 25.7 Å². The van der Waals surface area contributed by atoms with Crippen LogP contribution < -0.4 is 9.47 Å². The van der Waals surface area contributed by atoms with Crippen LogP contribution in [0.2, 0.25) is 0 Å². The molecule has 0 spiro atoms. The molecule has 3 rings (SSSR count). The molecular weight excluding hydrogens is 381 g/mol. The largest absolute Gasteiger partial charge is 0.488 e. The van der Waals surface area contributed by atoms with Gasteiger partial charge in [-0.05, 0) is 43.4 Å². The van der Waals surface area contributed by atoms with Gasteiger partial charge >= 0.3 is 0 Å². The molecule has 2 aromatic rings. The minimum absolute atomic E-state index is 0.0609. The fourth-order valence-electron chi connectivity index (χ4n) is 3.08. The maximum absolute atomic E-state index is 14.2. The summed E-state index contributed by atoms with van der Waals surface area (Å²) >= 11 is 0. The van der Waals surface area contributed by atoms with Crippen LogP contribution in [0, 0.1) is 17.5 Å². The number of ether oxygens (including phenoxy) is 2. The lowest BCUT2D eigenvalue weighted by Crippen LogP contribution is -2.09. The van der Waals surface area contributed by atoms with Gasteiger partial charge in [0, 0.05) is 24.0 Å². The topological polar surface area (TPSA) is 52.6 Å². The van der Waals surface area contributed by atoms with Gasteiger partial charge in [0.25, 0.3) is 0 Å². The number of hydrogen-bond acceptors (Lipinski definition) is 4. The molecule has 0 bridgehead atoms. The number of sulfone groups is 1. The smallest absolute Gasteiger partial charge is 0.190 e. The molecule has 0 aromatic heterocycles. The molecule has 0 N–H and O–H groups in total. The summed E-state index contributed by atoms with van der Waals surface area (Å²) in [5.41, 5.74) is 1.30. The second kappa shape index (κ2) is 7.80. The van der Waals surface area contributed by atoms with E-state index in [0.29, 0.717) is 24.2 Å². The van der Waals surface area contributed by atoms with Gasteiger partial charge in [-0.25, -0.2) is 21.6 Å². The molecule has 0 saturated carbocycles. The first-order chi connectivity index (χ1) is 12.7. The molecule has 4 nitrogen and oxygen atoms in total. The molecule has 1 aliphatic carbocycles. The summed E-state index contributed by atoms with van der Waals surface area (Å²) in [7, 11) is -3.16. The molecule has 1 aliphatic rings. The van der Waals surface area contributed by atoms with Gasteiger partial charge in [-0.3, -0.25) is 0 Å². The SMILES string of the molecule is CS(=O)(=O)CCCOc1c(F)cc(Oc2ccc(F)c3c2CCC3)cc1F. The average Bonchev–Trinajstić information content (AvgIpc) is 3.06. The van der Waals surface area contributed by atoms with E-state index in [9.17, 15) is 21.6 Å². The van der Waals surface area contributed by atoms with Crippen molar-refractivity contribution in [3.63, 3.8) is 0 Å². The first-order valence-corrected chi connectivity index (χ1v) is 10.6. The summed E-state index contributed by atoms with van der Waals surface area (Å²) in [6, 6.07) is 4.70. The van der Waals surface area contributed by atoms with Crippen LogP contribution in [0.1, 0.15) is 24.0 Å². The Hall–Kier alpha value is -2.22. The van der Waals surface area contributed by atoms with Gasteiger partial charge in [-0.2, -0.15) is 0 Å². The van der Waals surface area contributed by atoms with Crippen molar-refractivity contribution in [3.05, 3.63) is 52.8 Å². The maximum atomic E-state index is 14.2. The van der Waals surface area contributed by atoms with Gasteiger partial charge in [-0.1, -0.05) is 0 Å². The van der Waals surface area contributed by atoms with Crippen LogP contribution >= 0.6 is 0 Å². The fraction of sp³-hybridized carbons (Fsp3) is 0.368. The van der Waals surface area contributed by atoms with Crippen LogP contribution in [0.3, 0.4) is 0 Å². The van der Waals surface area contributed by atoms with Gasteiger partial charge in [0.05, 0.1) is 12.4 Å². The van der Waals surface area contributed by atoms with E-state index in [1.165, 1.54) is 12.1 Å². The van der Waals surface area contributed by atoms with E-state index in [4.69, 9.17) is 9.47 Å². The highest BCUT2D eigenvalue weighted by atomic mass is 32.2. The maximum Gasteiger partial charge on any atom is 0.190 e. The lowest BCUT2D eigenvalue weighted by Gasteiger charge is -2.13. The highest BCUT2D eigenvalue weighted by Crippen LogP contribution is 2.36. The van der Waals surface area contributed by atoms with E-state index < -0.39 is 27.2 Å². The van der Waals surface area contributed by atoms with E-state index in [0.717, 1.165) is 30.4 Å². The highest BCUT2D eigenvalue weighted by molar-refractivity contribution is 7.90. The Bertz CT molecular complexity index is 935. The summed E-state index contributed by atoms with van der Waals surface area (Å²) in [5.74, 6) is -2.61. The Kier molecular flexibility index (Phi) is 5.64. The Labute approximate surface area is 155 Å². The van der Waals surface area contributed by atoms with Gasteiger partial charge in [0.2, 0.25) is 0 Å². The Morgan fingerprint density at radius 2 is 1.67 bits per heavy atom. The third-order valence-corrected chi connectivity index (χ3v) is 5.32. The molecule has 0 radical (unpaired) electrons. The van der Waals surface area contributed by atoms with Crippen molar-refractivity contribution in [2.24, 2.45) is 0 Å². The number of halogens is 3. The molecule has 2 aromatic carbocycles. The van der Waals surface area contributed by atoms with Crippen LogP contribution in [0.4, 0.5) is 13.2 Å². The molecule has 0 heterocycles. The van der Waals surface area contributed by atoms with Crippen molar-refractivity contribution in [1.82, 2.24) is 0 Å².